The summed E-state index contributed by atoms with van der Waals surface area (Å²) in [5.74, 6) is 0.384. The van der Waals surface area contributed by atoms with Crippen molar-refractivity contribution in [2.45, 2.75) is 69.6 Å². The van der Waals surface area contributed by atoms with Crippen molar-refractivity contribution in [3.63, 3.8) is 0 Å². The fourth-order valence-electron chi connectivity index (χ4n) is 4.48. The zero-order valence-electron chi connectivity index (χ0n) is 16.8. The highest BCUT2D eigenvalue weighted by molar-refractivity contribution is 7.13. The number of hydrogen-bond donors (Lipinski definition) is 0. The molecular weight excluding hydrogens is 396 g/mol. The number of halogens is 1. The second-order valence-corrected chi connectivity index (χ2v) is 9.64. The van der Waals surface area contributed by atoms with Gasteiger partial charge in [0.25, 0.3) is 0 Å². The molecule has 4 nitrogen and oxygen atoms in total. The molecule has 0 aromatic carbocycles. The van der Waals surface area contributed by atoms with Crippen LogP contribution in [0.2, 0.25) is 0 Å². The monoisotopic (exact) mass is 426 g/mol. The number of ether oxygens (including phenoxy) is 3. The molecule has 1 aromatic heterocycles. The van der Waals surface area contributed by atoms with Crippen molar-refractivity contribution in [2.24, 2.45) is 11.8 Å². The van der Waals surface area contributed by atoms with E-state index < -0.39 is 0 Å². The van der Waals surface area contributed by atoms with E-state index in [-0.39, 0.29) is 29.7 Å². The van der Waals surface area contributed by atoms with Crippen LogP contribution in [0.25, 0.3) is 0 Å². The van der Waals surface area contributed by atoms with Crippen LogP contribution in [0, 0.1) is 11.8 Å². The van der Waals surface area contributed by atoms with Gasteiger partial charge in [0, 0.05) is 22.8 Å². The second-order valence-electron chi connectivity index (χ2n) is 7.91. The van der Waals surface area contributed by atoms with Crippen molar-refractivity contribution in [3.05, 3.63) is 34.0 Å². The zero-order chi connectivity index (χ0) is 20.1. The summed E-state index contributed by atoms with van der Waals surface area (Å²) in [4.78, 5) is 13.5. The molecule has 28 heavy (non-hydrogen) atoms. The van der Waals surface area contributed by atoms with E-state index in [2.05, 4.69) is 13.5 Å². The van der Waals surface area contributed by atoms with Crippen molar-refractivity contribution < 1.29 is 19.0 Å². The number of thiophene rings is 1. The Morgan fingerprint density at radius 3 is 2.89 bits per heavy atom. The first-order valence-electron chi connectivity index (χ1n) is 10.2. The molecular formula is C22H31ClO4S. The number of hydrogen-bond acceptors (Lipinski definition) is 5. The molecule has 1 aliphatic carbocycles. The average molecular weight is 427 g/mol. The Labute approximate surface area is 177 Å². The molecule has 3 rings (SSSR count). The van der Waals surface area contributed by atoms with E-state index in [0.29, 0.717) is 10.8 Å². The number of rotatable bonds is 8. The largest absolute Gasteiger partial charge is 0.465 e. The molecule has 0 bridgehead atoms. The third-order valence-corrected chi connectivity index (χ3v) is 7.45. The molecule has 2 heterocycles. The van der Waals surface area contributed by atoms with Gasteiger partial charge in [-0.2, -0.15) is 0 Å². The van der Waals surface area contributed by atoms with Crippen molar-refractivity contribution in [2.75, 3.05) is 13.7 Å². The number of alkyl halides is 1. The predicted octanol–water partition coefficient (Wildman–Crippen LogP) is 5.59. The molecule has 0 N–H and O–H groups in total. The molecule has 1 saturated carbocycles. The summed E-state index contributed by atoms with van der Waals surface area (Å²) < 4.78 is 16.9. The quantitative estimate of drug-likeness (QED) is 0.309. The summed E-state index contributed by atoms with van der Waals surface area (Å²) in [5.41, 5.74) is 1.15. The van der Waals surface area contributed by atoms with Crippen molar-refractivity contribution in [3.8, 4) is 0 Å². The fourth-order valence-corrected chi connectivity index (χ4v) is 5.90. The molecule has 0 radical (unpaired) electrons. The minimum Gasteiger partial charge on any atom is -0.465 e. The minimum atomic E-state index is -0.264. The summed E-state index contributed by atoms with van der Waals surface area (Å²) in [6.07, 6.45) is 7.13. The number of methoxy groups -OCH3 is 1. The van der Waals surface area contributed by atoms with Gasteiger partial charge in [-0.15, -0.1) is 22.9 Å². The maximum atomic E-state index is 11.6. The predicted molar refractivity (Wildman–Crippen MR) is 113 cm³/mol. The summed E-state index contributed by atoms with van der Waals surface area (Å²) in [6.45, 7) is 7.11. The lowest BCUT2D eigenvalue weighted by molar-refractivity contribution is -0.193. The van der Waals surface area contributed by atoms with Gasteiger partial charge in [-0.05, 0) is 69.9 Å². The number of carbonyl (C=O) groups is 1. The average Bonchev–Trinajstić information content (AvgIpc) is 3.27. The van der Waals surface area contributed by atoms with Crippen LogP contribution in [0.4, 0.5) is 0 Å². The molecule has 6 heteroatoms. The summed E-state index contributed by atoms with van der Waals surface area (Å²) in [7, 11) is 1.41. The molecule has 5 atom stereocenters. The number of carbonyl (C=O) groups excluding carboxylic acids is 1. The highest BCUT2D eigenvalue weighted by Gasteiger charge is 2.44. The lowest BCUT2D eigenvalue weighted by Gasteiger charge is -2.31. The van der Waals surface area contributed by atoms with Gasteiger partial charge >= 0.3 is 5.97 Å². The molecule has 156 valence electrons. The topological polar surface area (TPSA) is 44.8 Å². The van der Waals surface area contributed by atoms with Gasteiger partial charge in [0.05, 0.1) is 13.2 Å². The van der Waals surface area contributed by atoms with E-state index in [0.717, 1.165) is 57.1 Å². The van der Waals surface area contributed by atoms with Crippen molar-refractivity contribution in [1.82, 2.24) is 0 Å². The van der Waals surface area contributed by atoms with Crippen molar-refractivity contribution in [1.29, 1.82) is 0 Å². The van der Waals surface area contributed by atoms with Gasteiger partial charge < -0.3 is 14.2 Å². The molecule has 2 unspecified atom stereocenters. The smallest absolute Gasteiger partial charge is 0.348 e. The van der Waals surface area contributed by atoms with Gasteiger partial charge in [0.2, 0.25) is 0 Å². The van der Waals surface area contributed by atoms with Crippen LogP contribution in [0.15, 0.2) is 24.3 Å². The molecule has 2 aliphatic rings. The lowest BCUT2D eigenvalue weighted by Crippen LogP contribution is -2.31. The normalized spacial score (nSPS) is 30.3. The lowest BCUT2D eigenvalue weighted by atomic mass is 9.85. The van der Waals surface area contributed by atoms with Crippen LogP contribution >= 0.6 is 22.9 Å². The van der Waals surface area contributed by atoms with Gasteiger partial charge in [0.1, 0.15) is 4.88 Å². The van der Waals surface area contributed by atoms with E-state index in [1.54, 1.807) is 0 Å². The Kier molecular flexibility index (Phi) is 7.98. The standard InChI is InChI=1S/C22H31ClO4S/c1-14(2)21-16(8-6-7-15-10-11-19(28-15)22(24)25-3)17(23)13-18(21)27-20-9-4-5-12-26-20/h10-11,16-18,20-21H,1,4-9,12-13H2,2-3H3/t16?,17-,18-,20?,21-/m1/s1. The van der Waals surface area contributed by atoms with Crippen LogP contribution in [0.3, 0.4) is 0 Å². The third-order valence-electron chi connectivity index (χ3n) is 5.83. The minimum absolute atomic E-state index is 0.0916. The maximum Gasteiger partial charge on any atom is 0.348 e. The van der Waals surface area contributed by atoms with E-state index in [4.69, 9.17) is 25.8 Å². The van der Waals surface area contributed by atoms with Gasteiger partial charge in [-0.1, -0.05) is 12.2 Å². The summed E-state index contributed by atoms with van der Waals surface area (Å²) in [5, 5.41) is 0.101. The Hall–Kier alpha value is -0.880. The van der Waals surface area contributed by atoms with E-state index in [1.165, 1.54) is 23.3 Å². The van der Waals surface area contributed by atoms with Crippen LogP contribution < -0.4 is 0 Å². The number of aryl methyl sites for hydroxylation is 1. The Balaban J connectivity index is 1.55. The highest BCUT2D eigenvalue weighted by Crippen LogP contribution is 2.44. The van der Waals surface area contributed by atoms with Crippen molar-refractivity contribution >= 4 is 28.9 Å². The first kappa shape index (κ1) is 21.8. The fraction of sp³-hybridized carbons (Fsp3) is 0.682. The molecule has 1 aliphatic heterocycles. The molecule has 2 fully saturated rings. The SMILES string of the molecule is C=C(C)[C@@H]1C(CCCc2ccc(C(=O)OC)s2)[C@H](Cl)C[C@H]1OC1CCCCO1. The first-order chi connectivity index (χ1) is 13.5. The molecule has 1 aromatic rings. The van der Waals surface area contributed by atoms with Gasteiger partial charge in [-0.3, -0.25) is 0 Å². The third kappa shape index (κ3) is 5.38. The zero-order valence-corrected chi connectivity index (χ0v) is 18.4. The van der Waals surface area contributed by atoms with Gasteiger partial charge in [0.15, 0.2) is 6.29 Å². The summed E-state index contributed by atoms with van der Waals surface area (Å²) >= 11 is 8.27. The van der Waals surface area contributed by atoms with Gasteiger partial charge in [-0.25, -0.2) is 4.79 Å². The van der Waals surface area contributed by atoms with Crippen LogP contribution in [-0.4, -0.2) is 37.5 Å². The highest BCUT2D eigenvalue weighted by atomic mass is 35.5. The van der Waals surface area contributed by atoms with E-state index in [1.807, 2.05) is 12.1 Å². The van der Waals surface area contributed by atoms with E-state index in [9.17, 15) is 4.79 Å². The van der Waals surface area contributed by atoms with Crippen LogP contribution in [0.5, 0.6) is 0 Å². The first-order valence-corrected chi connectivity index (χ1v) is 11.5. The Morgan fingerprint density at radius 2 is 2.21 bits per heavy atom. The maximum absolute atomic E-state index is 11.6. The van der Waals surface area contributed by atoms with Crippen LogP contribution in [0.1, 0.15) is 60.0 Å². The Morgan fingerprint density at radius 1 is 1.39 bits per heavy atom. The van der Waals surface area contributed by atoms with Crippen LogP contribution in [-0.2, 0) is 20.6 Å². The summed E-state index contributed by atoms with van der Waals surface area (Å²) in [6, 6.07) is 3.86. The van der Waals surface area contributed by atoms with E-state index >= 15 is 0 Å². The molecule has 0 amide bonds. The Bertz CT molecular complexity index is 667. The molecule has 0 spiro atoms. The second kappa shape index (κ2) is 10.2. The molecule has 1 saturated heterocycles. The number of esters is 1.